The summed E-state index contributed by atoms with van der Waals surface area (Å²) in [5.74, 6) is 2.57. The van der Waals surface area contributed by atoms with Crippen LogP contribution in [0.3, 0.4) is 0 Å². The van der Waals surface area contributed by atoms with Gasteiger partial charge in [-0.1, -0.05) is 72.1 Å². The Morgan fingerprint density at radius 2 is 1.66 bits per heavy atom. The van der Waals surface area contributed by atoms with E-state index in [1.807, 2.05) is 12.1 Å². The summed E-state index contributed by atoms with van der Waals surface area (Å²) in [5.41, 5.74) is 2.01. The number of hydrogen-bond donors (Lipinski definition) is 1. The van der Waals surface area contributed by atoms with Crippen molar-refractivity contribution in [2.24, 2.45) is 0 Å². The van der Waals surface area contributed by atoms with Crippen LogP contribution in [-0.4, -0.2) is 26.4 Å². The highest BCUT2D eigenvalue weighted by Gasteiger charge is 2.31. The summed E-state index contributed by atoms with van der Waals surface area (Å²) in [6, 6.07) is 12.4. The summed E-state index contributed by atoms with van der Waals surface area (Å²) >= 11 is 18.6. The highest BCUT2D eigenvalue weighted by Crippen LogP contribution is 2.35. The molecule has 0 atom stereocenters. The van der Waals surface area contributed by atoms with E-state index in [0.717, 1.165) is 37.7 Å². The van der Waals surface area contributed by atoms with E-state index in [2.05, 4.69) is 21.4 Å². The second-order valence-corrected chi connectivity index (χ2v) is 9.17. The van der Waals surface area contributed by atoms with E-state index >= 15 is 0 Å². The molecule has 1 fully saturated rings. The van der Waals surface area contributed by atoms with E-state index in [-0.39, 0.29) is 12.5 Å². The molecule has 0 unspecified atom stereocenters. The summed E-state index contributed by atoms with van der Waals surface area (Å²) in [7, 11) is 0. The fourth-order valence-corrected chi connectivity index (χ4v) is 4.60. The van der Waals surface area contributed by atoms with Crippen molar-refractivity contribution in [2.45, 2.75) is 44.2 Å². The quantitative estimate of drug-likeness (QED) is 0.447. The lowest BCUT2D eigenvalue weighted by Gasteiger charge is -2.33. The number of halogens is 3. The molecular formula is C24H21Cl3N4O. The Bertz CT molecular complexity index is 1170. The maximum Gasteiger partial charge on any atom is 0.244 e. The highest BCUT2D eigenvalue weighted by molar-refractivity contribution is 6.36. The normalized spacial score (nSPS) is 15.2. The summed E-state index contributed by atoms with van der Waals surface area (Å²) in [4.78, 5) is 14.2. The third kappa shape index (κ3) is 4.94. The standard InChI is InChI=1S/C24H21Cl3N4O/c1-2-24(12-4-3-5-13-24)28-21(32)15-31-29-22(16-6-8-17(25)9-7-16)23(30-31)19-11-10-18(26)14-20(19)27/h1,6-11,14H,3-5,12-13,15H2,(H,28,32). The number of hydrogen-bond acceptors (Lipinski definition) is 3. The molecule has 1 N–H and O–H groups in total. The minimum atomic E-state index is -0.593. The summed E-state index contributed by atoms with van der Waals surface area (Å²) < 4.78 is 0. The summed E-state index contributed by atoms with van der Waals surface area (Å²) in [5, 5.41) is 13.8. The van der Waals surface area contributed by atoms with Crippen molar-refractivity contribution in [2.75, 3.05) is 0 Å². The molecule has 164 valence electrons. The Kier molecular flexibility index (Phi) is 6.76. The predicted octanol–water partition coefficient (Wildman–Crippen LogP) is 6.02. The minimum absolute atomic E-state index is 0.0603. The number of amides is 1. The van der Waals surface area contributed by atoms with Crippen LogP contribution >= 0.6 is 34.8 Å². The number of nitrogens with zero attached hydrogens (tertiary/aromatic N) is 3. The Labute approximate surface area is 202 Å². The van der Waals surface area contributed by atoms with E-state index in [1.165, 1.54) is 4.80 Å². The molecule has 1 aromatic heterocycles. The number of terminal acetylenes is 1. The molecule has 32 heavy (non-hydrogen) atoms. The van der Waals surface area contributed by atoms with Gasteiger partial charge in [0.2, 0.25) is 5.91 Å². The molecule has 0 aliphatic heterocycles. The zero-order chi connectivity index (χ0) is 22.7. The summed E-state index contributed by atoms with van der Waals surface area (Å²) in [6.45, 7) is -0.0603. The molecule has 1 amide bonds. The van der Waals surface area contributed by atoms with Gasteiger partial charge in [0.1, 0.15) is 23.5 Å². The van der Waals surface area contributed by atoms with Crippen LogP contribution in [0.2, 0.25) is 15.1 Å². The highest BCUT2D eigenvalue weighted by atomic mass is 35.5. The fraction of sp³-hybridized carbons (Fsp3) is 0.292. The van der Waals surface area contributed by atoms with Gasteiger partial charge < -0.3 is 5.32 Å². The van der Waals surface area contributed by atoms with Gasteiger partial charge in [-0.25, -0.2) is 0 Å². The molecule has 1 saturated carbocycles. The van der Waals surface area contributed by atoms with Gasteiger partial charge in [-0.2, -0.15) is 15.0 Å². The first-order valence-electron chi connectivity index (χ1n) is 10.3. The number of aromatic nitrogens is 3. The Morgan fingerprint density at radius 3 is 2.31 bits per heavy atom. The van der Waals surface area contributed by atoms with Gasteiger partial charge in [0, 0.05) is 21.2 Å². The van der Waals surface area contributed by atoms with E-state index in [1.54, 1.807) is 30.3 Å². The molecule has 5 nitrogen and oxygen atoms in total. The maximum atomic E-state index is 12.8. The average molecular weight is 488 g/mol. The zero-order valence-corrected chi connectivity index (χ0v) is 19.5. The molecule has 4 rings (SSSR count). The van der Waals surface area contributed by atoms with Crippen molar-refractivity contribution in [1.29, 1.82) is 0 Å². The molecule has 0 bridgehead atoms. The van der Waals surface area contributed by atoms with Crippen LogP contribution in [0.15, 0.2) is 42.5 Å². The Balaban J connectivity index is 1.67. The van der Waals surface area contributed by atoms with Crippen molar-refractivity contribution in [3.63, 3.8) is 0 Å². The first-order valence-corrected chi connectivity index (χ1v) is 11.5. The molecule has 3 aromatic rings. The van der Waals surface area contributed by atoms with Gasteiger partial charge in [0.05, 0.1) is 5.02 Å². The fourth-order valence-electron chi connectivity index (χ4n) is 3.98. The minimum Gasteiger partial charge on any atom is -0.338 e. The predicted molar refractivity (Wildman–Crippen MR) is 129 cm³/mol. The number of rotatable bonds is 5. The molecule has 2 aromatic carbocycles. The molecule has 1 aliphatic carbocycles. The van der Waals surface area contributed by atoms with Gasteiger partial charge >= 0.3 is 0 Å². The van der Waals surface area contributed by atoms with Crippen LogP contribution < -0.4 is 5.32 Å². The summed E-state index contributed by atoms with van der Waals surface area (Å²) in [6.07, 6.45) is 10.5. The van der Waals surface area contributed by atoms with Crippen molar-refractivity contribution in [3.05, 3.63) is 57.5 Å². The topological polar surface area (TPSA) is 59.8 Å². The Hall–Kier alpha value is -2.52. The van der Waals surface area contributed by atoms with E-state index < -0.39 is 5.54 Å². The zero-order valence-electron chi connectivity index (χ0n) is 17.2. The third-order valence-corrected chi connectivity index (χ3v) is 6.41. The molecule has 1 aliphatic rings. The van der Waals surface area contributed by atoms with Crippen molar-refractivity contribution in [3.8, 4) is 34.9 Å². The molecule has 0 saturated heterocycles. The van der Waals surface area contributed by atoms with Crippen molar-refractivity contribution in [1.82, 2.24) is 20.3 Å². The maximum absolute atomic E-state index is 12.8. The second kappa shape index (κ2) is 9.54. The van der Waals surface area contributed by atoms with Gasteiger partial charge in [-0.3, -0.25) is 4.79 Å². The van der Waals surface area contributed by atoms with E-state index in [9.17, 15) is 4.79 Å². The van der Waals surface area contributed by atoms with Crippen molar-refractivity contribution < 1.29 is 4.79 Å². The average Bonchev–Trinajstić information content (AvgIpc) is 3.18. The van der Waals surface area contributed by atoms with Gasteiger partial charge in [-0.05, 0) is 43.2 Å². The lowest BCUT2D eigenvalue weighted by molar-refractivity contribution is -0.123. The van der Waals surface area contributed by atoms with E-state index in [0.29, 0.717) is 32.0 Å². The lowest BCUT2D eigenvalue weighted by Crippen LogP contribution is -2.49. The molecule has 8 heteroatoms. The van der Waals surface area contributed by atoms with Gasteiger partial charge in [0.15, 0.2) is 0 Å². The Morgan fingerprint density at radius 1 is 1.00 bits per heavy atom. The first kappa shape index (κ1) is 22.7. The second-order valence-electron chi connectivity index (χ2n) is 7.89. The SMILES string of the molecule is C#CC1(NC(=O)Cn2nc(-c3ccc(Cl)cc3)c(-c3ccc(Cl)cc3Cl)n2)CCCCC1. The lowest BCUT2D eigenvalue weighted by atomic mass is 9.82. The largest absolute Gasteiger partial charge is 0.338 e. The number of nitrogens with one attached hydrogen (secondary N) is 1. The van der Waals surface area contributed by atoms with Crippen LogP contribution in [0.4, 0.5) is 0 Å². The van der Waals surface area contributed by atoms with Crippen molar-refractivity contribution >= 4 is 40.7 Å². The number of carbonyl (C=O) groups excluding carboxylic acids is 1. The van der Waals surface area contributed by atoms with Crippen LogP contribution in [-0.2, 0) is 11.3 Å². The third-order valence-electron chi connectivity index (χ3n) is 5.61. The van der Waals surface area contributed by atoms with Gasteiger partial charge in [0.25, 0.3) is 0 Å². The molecular weight excluding hydrogens is 467 g/mol. The first-order chi connectivity index (χ1) is 15.4. The number of benzene rings is 2. The van der Waals surface area contributed by atoms with E-state index in [4.69, 9.17) is 41.2 Å². The van der Waals surface area contributed by atoms with Crippen LogP contribution in [0, 0.1) is 12.3 Å². The molecule has 0 spiro atoms. The smallest absolute Gasteiger partial charge is 0.244 e. The monoisotopic (exact) mass is 486 g/mol. The molecule has 0 radical (unpaired) electrons. The van der Waals surface area contributed by atoms with Gasteiger partial charge in [-0.15, -0.1) is 6.42 Å². The molecule has 1 heterocycles. The number of carbonyl (C=O) groups is 1. The van der Waals surface area contributed by atoms with Crippen LogP contribution in [0.1, 0.15) is 32.1 Å². The van der Waals surface area contributed by atoms with Crippen LogP contribution in [0.5, 0.6) is 0 Å². The van der Waals surface area contributed by atoms with Crippen LogP contribution in [0.25, 0.3) is 22.5 Å².